The van der Waals surface area contributed by atoms with Crippen molar-refractivity contribution < 1.29 is 8.91 Å². The van der Waals surface area contributed by atoms with Gasteiger partial charge >= 0.3 is 0 Å². The number of fused-ring (bicyclic) bond motifs is 1. The molecule has 0 unspecified atom stereocenters. The number of nitrogens with one attached hydrogen (secondary N) is 2. The number of aromatic nitrogens is 6. The Morgan fingerprint density at radius 2 is 1.85 bits per heavy atom. The van der Waals surface area contributed by atoms with Gasteiger partial charge in [-0.1, -0.05) is 23.4 Å². The summed E-state index contributed by atoms with van der Waals surface area (Å²) in [5, 5.41) is 11.0. The third-order valence-electron chi connectivity index (χ3n) is 4.26. The van der Waals surface area contributed by atoms with Gasteiger partial charge in [0.05, 0.1) is 22.3 Å². The number of aryl methyl sites for hydroxylation is 1. The Bertz CT molecular complexity index is 1270. The van der Waals surface area contributed by atoms with E-state index in [1.165, 1.54) is 6.07 Å². The third-order valence-corrected chi connectivity index (χ3v) is 4.26. The van der Waals surface area contributed by atoms with Crippen LogP contribution in [0, 0.1) is 12.7 Å². The number of rotatable bonds is 3. The Hall–Kier alpha value is -3.81. The first-order valence-electron chi connectivity index (χ1n) is 8.29. The Morgan fingerprint density at radius 3 is 2.74 bits per heavy atom. The number of H-pyrrole nitrogens is 2. The molecule has 3 heterocycles. The van der Waals surface area contributed by atoms with E-state index in [2.05, 4.69) is 30.3 Å². The lowest BCUT2D eigenvalue weighted by atomic mass is 10.1. The fraction of sp³-hybridized carbons (Fsp3) is 0.0526. The molecule has 0 spiro atoms. The fourth-order valence-electron chi connectivity index (χ4n) is 3.02. The summed E-state index contributed by atoms with van der Waals surface area (Å²) < 4.78 is 19.3. The molecule has 0 saturated carbocycles. The molecule has 0 radical (unpaired) electrons. The van der Waals surface area contributed by atoms with Gasteiger partial charge in [0, 0.05) is 5.56 Å². The van der Waals surface area contributed by atoms with Gasteiger partial charge in [-0.3, -0.25) is 5.10 Å². The molecule has 0 amide bonds. The molecule has 0 aliphatic carbocycles. The predicted octanol–water partition coefficient (Wildman–Crippen LogP) is 4.12. The maximum Gasteiger partial charge on any atom is 0.276 e. The number of benzene rings is 2. The van der Waals surface area contributed by atoms with Crippen LogP contribution in [0.15, 0.2) is 53.1 Å². The Kier molecular flexibility index (Phi) is 3.36. The highest BCUT2D eigenvalue weighted by molar-refractivity contribution is 5.90. The number of hydrogen-bond donors (Lipinski definition) is 2. The SMILES string of the molecule is Cc1nc2c(-c3noc(-c4cc(-c5ccccc5F)n[nH]4)n3)cccc2[nH]1. The van der Waals surface area contributed by atoms with E-state index in [0.29, 0.717) is 22.8 Å². The van der Waals surface area contributed by atoms with E-state index >= 15 is 0 Å². The fourth-order valence-corrected chi connectivity index (χ4v) is 3.02. The number of aromatic amines is 2. The molecule has 132 valence electrons. The summed E-state index contributed by atoms with van der Waals surface area (Å²) >= 11 is 0. The smallest absolute Gasteiger partial charge is 0.276 e. The van der Waals surface area contributed by atoms with Crippen molar-refractivity contribution in [2.45, 2.75) is 6.92 Å². The third kappa shape index (κ3) is 2.58. The van der Waals surface area contributed by atoms with Crippen molar-refractivity contribution in [2.24, 2.45) is 0 Å². The number of imidazole rings is 1. The van der Waals surface area contributed by atoms with E-state index < -0.39 is 0 Å². The molecule has 3 aromatic heterocycles. The number of halogens is 1. The van der Waals surface area contributed by atoms with Gasteiger partial charge in [-0.15, -0.1) is 0 Å². The Morgan fingerprint density at radius 1 is 1.00 bits per heavy atom. The molecule has 0 aliphatic rings. The lowest BCUT2D eigenvalue weighted by Crippen LogP contribution is -1.84. The highest BCUT2D eigenvalue weighted by Gasteiger charge is 2.17. The van der Waals surface area contributed by atoms with Gasteiger partial charge < -0.3 is 9.51 Å². The summed E-state index contributed by atoms with van der Waals surface area (Å²) in [4.78, 5) is 12.1. The van der Waals surface area contributed by atoms with Crippen molar-refractivity contribution in [1.82, 2.24) is 30.3 Å². The van der Waals surface area contributed by atoms with Gasteiger partial charge in [0.25, 0.3) is 5.89 Å². The van der Waals surface area contributed by atoms with Crippen molar-refractivity contribution in [1.29, 1.82) is 0 Å². The van der Waals surface area contributed by atoms with Gasteiger partial charge in [-0.2, -0.15) is 10.1 Å². The normalized spacial score (nSPS) is 11.3. The van der Waals surface area contributed by atoms with Crippen LogP contribution in [0.4, 0.5) is 4.39 Å². The number of hydrogen-bond acceptors (Lipinski definition) is 5. The molecule has 0 aliphatic heterocycles. The second-order valence-electron chi connectivity index (χ2n) is 6.09. The van der Waals surface area contributed by atoms with E-state index in [4.69, 9.17) is 4.52 Å². The maximum atomic E-state index is 13.9. The molecule has 27 heavy (non-hydrogen) atoms. The van der Waals surface area contributed by atoms with Crippen LogP contribution in [-0.4, -0.2) is 30.3 Å². The molecular weight excluding hydrogens is 347 g/mol. The lowest BCUT2D eigenvalue weighted by molar-refractivity contribution is 0.431. The zero-order valence-electron chi connectivity index (χ0n) is 14.2. The quantitative estimate of drug-likeness (QED) is 0.504. The van der Waals surface area contributed by atoms with Crippen molar-refractivity contribution in [3.8, 4) is 34.2 Å². The summed E-state index contributed by atoms with van der Waals surface area (Å²) in [5.74, 6) is 1.15. The van der Waals surface area contributed by atoms with Crippen molar-refractivity contribution in [3.63, 3.8) is 0 Å². The molecular formula is C19H13FN6O. The topological polar surface area (TPSA) is 96.3 Å². The zero-order chi connectivity index (χ0) is 18.4. The summed E-state index contributed by atoms with van der Waals surface area (Å²) in [6.07, 6.45) is 0. The van der Waals surface area contributed by atoms with Crippen LogP contribution in [0.5, 0.6) is 0 Å². The molecule has 0 atom stereocenters. The van der Waals surface area contributed by atoms with Gasteiger partial charge in [0.1, 0.15) is 17.3 Å². The Balaban J connectivity index is 1.54. The van der Waals surface area contributed by atoms with Gasteiger partial charge in [0.15, 0.2) is 0 Å². The van der Waals surface area contributed by atoms with Crippen LogP contribution in [0.2, 0.25) is 0 Å². The predicted molar refractivity (Wildman–Crippen MR) is 97.1 cm³/mol. The second-order valence-corrected chi connectivity index (χ2v) is 6.09. The molecule has 5 aromatic rings. The summed E-state index contributed by atoms with van der Waals surface area (Å²) in [7, 11) is 0. The molecule has 2 aromatic carbocycles. The first-order valence-corrected chi connectivity index (χ1v) is 8.29. The summed E-state index contributed by atoms with van der Waals surface area (Å²) in [6.45, 7) is 1.89. The molecule has 5 rings (SSSR count). The van der Waals surface area contributed by atoms with E-state index in [1.807, 2.05) is 25.1 Å². The van der Waals surface area contributed by atoms with Crippen LogP contribution < -0.4 is 0 Å². The van der Waals surface area contributed by atoms with E-state index in [1.54, 1.807) is 24.3 Å². The summed E-state index contributed by atoms with van der Waals surface area (Å²) in [6, 6.07) is 13.8. The standard InChI is InChI=1S/C19H13FN6O/c1-10-21-14-8-4-6-12(17(14)22-10)18-23-19(27-26-18)16-9-15(24-25-16)11-5-2-3-7-13(11)20/h2-9H,1H3,(H,21,22)(H,24,25). The average molecular weight is 360 g/mol. The molecule has 7 nitrogen and oxygen atoms in total. The zero-order valence-corrected chi connectivity index (χ0v) is 14.2. The minimum absolute atomic E-state index is 0.268. The lowest BCUT2D eigenvalue weighted by Gasteiger charge is -1.96. The van der Waals surface area contributed by atoms with Crippen molar-refractivity contribution in [2.75, 3.05) is 0 Å². The van der Waals surface area contributed by atoms with Crippen molar-refractivity contribution in [3.05, 3.63) is 60.2 Å². The first kappa shape index (κ1) is 15.4. The number of nitrogens with zero attached hydrogens (tertiary/aromatic N) is 4. The van der Waals surface area contributed by atoms with Gasteiger partial charge in [0.2, 0.25) is 5.82 Å². The molecule has 0 saturated heterocycles. The highest BCUT2D eigenvalue weighted by atomic mass is 19.1. The largest absolute Gasteiger partial charge is 0.342 e. The molecule has 0 fully saturated rings. The van der Waals surface area contributed by atoms with E-state index in [0.717, 1.165) is 22.4 Å². The van der Waals surface area contributed by atoms with Crippen LogP contribution in [-0.2, 0) is 0 Å². The van der Waals surface area contributed by atoms with Gasteiger partial charge in [-0.05, 0) is 37.3 Å². The molecule has 8 heteroatoms. The minimum atomic E-state index is -0.345. The molecule has 2 N–H and O–H groups in total. The van der Waals surface area contributed by atoms with Crippen LogP contribution in [0.25, 0.3) is 45.3 Å². The van der Waals surface area contributed by atoms with Crippen LogP contribution in [0.3, 0.4) is 0 Å². The monoisotopic (exact) mass is 360 g/mol. The Labute approximate surface area is 152 Å². The molecule has 0 bridgehead atoms. The summed E-state index contributed by atoms with van der Waals surface area (Å²) in [5.41, 5.74) is 3.82. The van der Waals surface area contributed by atoms with Crippen LogP contribution in [0.1, 0.15) is 5.82 Å². The second kappa shape index (κ2) is 5.87. The average Bonchev–Trinajstić information content (AvgIpc) is 3.39. The first-order chi connectivity index (χ1) is 13.2. The van der Waals surface area contributed by atoms with Gasteiger partial charge in [-0.25, -0.2) is 9.37 Å². The number of para-hydroxylation sites is 1. The maximum absolute atomic E-state index is 13.9. The van der Waals surface area contributed by atoms with Crippen molar-refractivity contribution >= 4 is 11.0 Å². The van der Waals surface area contributed by atoms with E-state index in [-0.39, 0.29) is 11.7 Å². The minimum Gasteiger partial charge on any atom is -0.342 e. The van der Waals surface area contributed by atoms with Crippen LogP contribution >= 0.6 is 0 Å². The van der Waals surface area contributed by atoms with E-state index in [9.17, 15) is 4.39 Å². The highest BCUT2D eigenvalue weighted by Crippen LogP contribution is 2.28.